The summed E-state index contributed by atoms with van der Waals surface area (Å²) in [6.45, 7) is 7.26. The van der Waals surface area contributed by atoms with Crippen molar-refractivity contribution < 1.29 is 4.79 Å². The predicted molar refractivity (Wildman–Crippen MR) is 96.3 cm³/mol. The number of benzene rings is 1. The molecule has 1 saturated carbocycles. The zero-order chi connectivity index (χ0) is 16.8. The summed E-state index contributed by atoms with van der Waals surface area (Å²) in [5.74, 6) is 0.132. The molecule has 0 bridgehead atoms. The van der Waals surface area contributed by atoms with Crippen LogP contribution in [0.5, 0.6) is 0 Å². The minimum absolute atomic E-state index is 0.0777. The minimum atomic E-state index is -0.0777. The first kappa shape index (κ1) is 15.3. The van der Waals surface area contributed by atoms with Crippen molar-refractivity contribution in [3.8, 4) is 0 Å². The largest absolute Gasteiger partial charge is 0.361 e. The third kappa shape index (κ3) is 2.32. The minimum Gasteiger partial charge on any atom is -0.361 e. The fourth-order valence-electron chi connectivity index (χ4n) is 3.98. The number of fused-ring (bicyclic) bond motifs is 1. The van der Waals surface area contributed by atoms with Gasteiger partial charge in [0.05, 0.1) is 5.56 Å². The van der Waals surface area contributed by atoms with E-state index < -0.39 is 0 Å². The van der Waals surface area contributed by atoms with Gasteiger partial charge in [0.15, 0.2) is 0 Å². The first-order valence-corrected chi connectivity index (χ1v) is 8.96. The van der Waals surface area contributed by atoms with E-state index in [-0.39, 0.29) is 12.1 Å². The monoisotopic (exact) mass is 323 g/mol. The van der Waals surface area contributed by atoms with Crippen molar-refractivity contribution in [2.45, 2.75) is 52.2 Å². The van der Waals surface area contributed by atoms with Gasteiger partial charge < -0.3 is 14.8 Å². The average molecular weight is 323 g/mol. The van der Waals surface area contributed by atoms with E-state index in [1.54, 1.807) is 0 Å². The summed E-state index contributed by atoms with van der Waals surface area (Å²) in [4.78, 5) is 15.0. The number of nitrogens with one attached hydrogen (secondary N) is 1. The van der Waals surface area contributed by atoms with Crippen LogP contribution >= 0.6 is 0 Å². The van der Waals surface area contributed by atoms with Crippen LogP contribution < -0.4 is 5.32 Å². The van der Waals surface area contributed by atoms with E-state index in [2.05, 4.69) is 36.7 Å². The molecule has 4 nitrogen and oxygen atoms in total. The lowest BCUT2D eigenvalue weighted by Gasteiger charge is -2.38. The molecule has 1 aromatic carbocycles. The van der Waals surface area contributed by atoms with Gasteiger partial charge in [-0.2, -0.15) is 0 Å². The lowest BCUT2D eigenvalue weighted by atomic mass is 10.0. The van der Waals surface area contributed by atoms with E-state index in [1.165, 1.54) is 29.8 Å². The summed E-state index contributed by atoms with van der Waals surface area (Å²) in [5.41, 5.74) is 5.54. The number of nitrogens with zero attached hydrogens (tertiary/aromatic N) is 2. The Hall–Kier alpha value is -2.23. The molecule has 0 saturated heterocycles. The smallest absolute Gasteiger partial charge is 0.257 e. The van der Waals surface area contributed by atoms with Crippen molar-refractivity contribution in [3.05, 3.63) is 52.8 Å². The van der Waals surface area contributed by atoms with Crippen molar-refractivity contribution >= 4 is 11.6 Å². The highest BCUT2D eigenvalue weighted by molar-refractivity contribution is 6.01. The standard InChI is InChI=1S/C20H25N3O/c1-4-11-22-19(21-18-8-6-5-7-16(18)20(22)24)17-12-13(2)23(14(17)3)15-9-10-15/h5-8,12,15,19,21H,4,9-11H2,1-3H3/t19-/m0/s1. The molecular formula is C20H25N3O. The molecule has 0 unspecified atom stereocenters. The van der Waals surface area contributed by atoms with Gasteiger partial charge >= 0.3 is 0 Å². The first-order valence-electron chi connectivity index (χ1n) is 8.96. The number of para-hydroxylation sites is 1. The number of carbonyl (C=O) groups excluding carboxylic acids is 1. The number of carbonyl (C=O) groups is 1. The molecule has 1 aliphatic carbocycles. The summed E-state index contributed by atoms with van der Waals surface area (Å²) < 4.78 is 2.45. The second kappa shape index (κ2) is 5.69. The Bertz CT molecular complexity index is 788. The molecule has 1 N–H and O–H groups in total. The molecule has 0 spiro atoms. The van der Waals surface area contributed by atoms with Crippen LogP contribution in [0.4, 0.5) is 5.69 Å². The summed E-state index contributed by atoms with van der Waals surface area (Å²) >= 11 is 0. The summed E-state index contributed by atoms with van der Waals surface area (Å²) in [6.07, 6.45) is 3.42. The molecule has 4 rings (SSSR count). The van der Waals surface area contributed by atoms with Gasteiger partial charge in [-0.1, -0.05) is 19.1 Å². The van der Waals surface area contributed by atoms with Gasteiger partial charge in [-0.15, -0.1) is 0 Å². The fraction of sp³-hybridized carbons (Fsp3) is 0.450. The van der Waals surface area contributed by atoms with Crippen molar-refractivity contribution in [2.24, 2.45) is 0 Å². The number of anilines is 1. The van der Waals surface area contributed by atoms with Crippen molar-refractivity contribution in [1.29, 1.82) is 0 Å². The predicted octanol–water partition coefficient (Wildman–Crippen LogP) is 4.42. The zero-order valence-electron chi connectivity index (χ0n) is 14.7. The molecule has 1 fully saturated rings. The molecule has 2 aliphatic rings. The van der Waals surface area contributed by atoms with Crippen molar-refractivity contribution in [2.75, 3.05) is 11.9 Å². The zero-order valence-corrected chi connectivity index (χ0v) is 14.7. The number of rotatable bonds is 4. The van der Waals surface area contributed by atoms with E-state index in [0.29, 0.717) is 6.04 Å². The van der Waals surface area contributed by atoms with E-state index in [4.69, 9.17) is 0 Å². The van der Waals surface area contributed by atoms with Gasteiger partial charge in [-0.3, -0.25) is 4.79 Å². The van der Waals surface area contributed by atoms with Crippen molar-refractivity contribution in [1.82, 2.24) is 9.47 Å². The molecule has 0 radical (unpaired) electrons. The van der Waals surface area contributed by atoms with Crippen LogP contribution in [0, 0.1) is 13.8 Å². The van der Waals surface area contributed by atoms with Crippen LogP contribution in [0.1, 0.15) is 65.7 Å². The highest BCUT2D eigenvalue weighted by Gasteiger charge is 2.35. The molecule has 126 valence electrons. The van der Waals surface area contributed by atoms with Gasteiger partial charge in [0.25, 0.3) is 5.91 Å². The fourth-order valence-corrected chi connectivity index (χ4v) is 3.98. The molecule has 4 heteroatoms. The Morgan fingerprint density at radius 2 is 1.96 bits per heavy atom. The van der Waals surface area contributed by atoms with E-state index in [1.807, 2.05) is 29.2 Å². The van der Waals surface area contributed by atoms with Gasteiger partial charge in [0.2, 0.25) is 0 Å². The molecule has 1 atom stereocenters. The van der Waals surface area contributed by atoms with E-state index in [9.17, 15) is 4.79 Å². The molecule has 1 aliphatic heterocycles. The second-order valence-electron chi connectivity index (χ2n) is 7.02. The number of amides is 1. The second-order valence-corrected chi connectivity index (χ2v) is 7.02. The van der Waals surface area contributed by atoms with Gasteiger partial charge in [-0.25, -0.2) is 0 Å². The van der Waals surface area contributed by atoms with E-state index >= 15 is 0 Å². The molecule has 24 heavy (non-hydrogen) atoms. The van der Waals surface area contributed by atoms with Crippen LogP contribution in [0.2, 0.25) is 0 Å². The highest BCUT2D eigenvalue weighted by atomic mass is 16.2. The Morgan fingerprint density at radius 3 is 2.67 bits per heavy atom. The van der Waals surface area contributed by atoms with Crippen LogP contribution in [-0.2, 0) is 0 Å². The number of hydrogen-bond donors (Lipinski definition) is 1. The Kier molecular flexibility index (Phi) is 3.63. The van der Waals surface area contributed by atoms with Crippen molar-refractivity contribution in [3.63, 3.8) is 0 Å². The Morgan fingerprint density at radius 1 is 1.21 bits per heavy atom. The molecule has 2 heterocycles. The molecule has 1 aromatic heterocycles. The first-order chi connectivity index (χ1) is 11.6. The van der Waals surface area contributed by atoms with E-state index in [0.717, 1.165) is 24.2 Å². The lowest BCUT2D eigenvalue weighted by Crippen LogP contribution is -2.43. The normalized spacial score (nSPS) is 20.0. The van der Waals surface area contributed by atoms with Gasteiger partial charge in [0, 0.05) is 35.2 Å². The number of aryl methyl sites for hydroxylation is 1. The summed E-state index contributed by atoms with van der Waals surface area (Å²) in [6, 6.07) is 10.8. The number of aromatic nitrogens is 1. The highest BCUT2D eigenvalue weighted by Crippen LogP contribution is 2.41. The Balaban J connectivity index is 1.78. The quantitative estimate of drug-likeness (QED) is 0.904. The third-order valence-corrected chi connectivity index (χ3v) is 5.22. The third-order valence-electron chi connectivity index (χ3n) is 5.22. The maximum Gasteiger partial charge on any atom is 0.257 e. The maximum atomic E-state index is 13.0. The average Bonchev–Trinajstić information content (AvgIpc) is 3.36. The SMILES string of the molecule is CCCN1C(=O)c2ccccc2N[C@@H]1c1cc(C)n(C2CC2)c1C. The molecular weight excluding hydrogens is 298 g/mol. The molecule has 1 amide bonds. The van der Waals surface area contributed by atoms with Crippen LogP contribution in [0.15, 0.2) is 30.3 Å². The van der Waals surface area contributed by atoms with Gasteiger partial charge in [-0.05, 0) is 51.3 Å². The molecule has 2 aromatic rings. The summed E-state index contributed by atoms with van der Waals surface area (Å²) in [5, 5.41) is 3.61. The number of hydrogen-bond acceptors (Lipinski definition) is 2. The summed E-state index contributed by atoms with van der Waals surface area (Å²) in [7, 11) is 0. The maximum absolute atomic E-state index is 13.0. The van der Waals surface area contributed by atoms with Gasteiger partial charge in [0.1, 0.15) is 6.17 Å². The Labute approximate surface area is 143 Å². The van der Waals surface area contributed by atoms with Crippen LogP contribution in [0.3, 0.4) is 0 Å². The topological polar surface area (TPSA) is 37.3 Å². The lowest BCUT2D eigenvalue weighted by molar-refractivity contribution is 0.0683. The van der Waals surface area contributed by atoms with Crippen LogP contribution in [-0.4, -0.2) is 21.9 Å². The van der Waals surface area contributed by atoms with Crippen LogP contribution in [0.25, 0.3) is 0 Å².